The van der Waals surface area contributed by atoms with Gasteiger partial charge < -0.3 is 16.4 Å². The number of thiophene rings is 1. The Bertz CT molecular complexity index is 540. The van der Waals surface area contributed by atoms with Crippen molar-refractivity contribution < 1.29 is 22.8 Å². The van der Waals surface area contributed by atoms with Crippen molar-refractivity contribution in [3.8, 4) is 0 Å². The minimum absolute atomic E-state index is 0.0798. The summed E-state index contributed by atoms with van der Waals surface area (Å²) >= 11 is 0.864. The molecule has 0 saturated heterocycles. The number of alkyl halides is 3. The van der Waals surface area contributed by atoms with Crippen LogP contribution in [-0.2, 0) is 0 Å². The van der Waals surface area contributed by atoms with Gasteiger partial charge in [0.15, 0.2) is 5.78 Å². The molecule has 0 saturated carbocycles. The fourth-order valence-electron chi connectivity index (χ4n) is 1.60. The van der Waals surface area contributed by atoms with Crippen molar-refractivity contribution in [2.45, 2.75) is 19.5 Å². The summed E-state index contributed by atoms with van der Waals surface area (Å²) in [4.78, 5) is 24.1. The predicted octanol–water partition coefficient (Wildman–Crippen LogP) is 2.02. The zero-order chi connectivity index (χ0) is 15.7. The number of nitrogens with zero attached hydrogens (tertiary/aromatic N) is 1. The van der Waals surface area contributed by atoms with Crippen LogP contribution in [-0.4, -0.2) is 31.5 Å². The molecule has 20 heavy (non-hydrogen) atoms. The van der Waals surface area contributed by atoms with Gasteiger partial charge in [-0.05, 0) is 0 Å². The second-order valence-electron chi connectivity index (χ2n) is 4.23. The molecule has 1 amide bonds. The van der Waals surface area contributed by atoms with Crippen LogP contribution < -0.4 is 16.4 Å². The van der Waals surface area contributed by atoms with E-state index in [0.717, 1.165) is 11.3 Å². The van der Waals surface area contributed by atoms with E-state index in [1.54, 1.807) is 0 Å². The SMILES string of the molecule is CC(=O)c1sc(N(C)CCC(F)(F)F)c(C(N)=O)c1N. The van der Waals surface area contributed by atoms with Crippen LogP contribution in [0.4, 0.5) is 23.9 Å². The molecular weight excluding hydrogens is 295 g/mol. The number of amides is 1. The van der Waals surface area contributed by atoms with Gasteiger partial charge in [0.2, 0.25) is 0 Å². The van der Waals surface area contributed by atoms with Crippen LogP contribution in [0, 0.1) is 0 Å². The van der Waals surface area contributed by atoms with Gasteiger partial charge >= 0.3 is 6.18 Å². The number of primary amides is 1. The van der Waals surface area contributed by atoms with E-state index in [9.17, 15) is 22.8 Å². The molecule has 4 N–H and O–H groups in total. The lowest BCUT2D eigenvalue weighted by Crippen LogP contribution is -2.25. The second kappa shape index (κ2) is 5.70. The molecule has 1 heterocycles. The van der Waals surface area contributed by atoms with E-state index in [1.807, 2.05) is 0 Å². The summed E-state index contributed by atoms with van der Waals surface area (Å²) in [5.41, 5.74) is 10.7. The van der Waals surface area contributed by atoms with Crippen molar-refractivity contribution in [3.63, 3.8) is 0 Å². The highest BCUT2D eigenvalue weighted by Gasteiger charge is 2.29. The molecule has 0 spiro atoms. The summed E-state index contributed by atoms with van der Waals surface area (Å²) in [5, 5.41) is 0.171. The number of anilines is 2. The third-order valence-electron chi connectivity index (χ3n) is 2.57. The van der Waals surface area contributed by atoms with E-state index in [1.165, 1.54) is 18.9 Å². The van der Waals surface area contributed by atoms with Crippen LogP contribution >= 0.6 is 11.3 Å². The normalized spacial score (nSPS) is 11.4. The zero-order valence-corrected chi connectivity index (χ0v) is 11.7. The van der Waals surface area contributed by atoms with Crippen LogP contribution in [0.2, 0.25) is 0 Å². The second-order valence-corrected chi connectivity index (χ2v) is 5.23. The van der Waals surface area contributed by atoms with Crippen LogP contribution in [0.1, 0.15) is 33.4 Å². The molecule has 9 heteroatoms. The van der Waals surface area contributed by atoms with E-state index < -0.39 is 18.5 Å². The van der Waals surface area contributed by atoms with Gasteiger partial charge in [0.1, 0.15) is 5.00 Å². The van der Waals surface area contributed by atoms with Crippen molar-refractivity contribution in [2.75, 3.05) is 24.2 Å². The predicted molar refractivity (Wildman–Crippen MR) is 71.2 cm³/mol. The Morgan fingerprint density at radius 1 is 1.35 bits per heavy atom. The Hall–Kier alpha value is -1.77. The van der Waals surface area contributed by atoms with Gasteiger partial charge in [0, 0.05) is 20.5 Å². The summed E-state index contributed by atoms with van der Waals surface area (Å²) in [6.07, 6.45) is -5.36. The molecule has 0 aliphatic heterocycles. The molecule has 5 nitrogen and oxygen atoms in total. The molecule has 0 aliphatic rings. The molecular formula is C11H14F3N3O2S. The smallest absolute Gasteiger partial charge is 0.390 e. The third kappa shape index (κ3) is 3.62. The standard InChI is InChI=1S/C11H14F3N3O2S/c1-5(18)8-7(15)6(9(16)19)10(20-8)17(2)4-3-11(12,13)14/h3-4,15H2,1-2H3,(H2,16,19). The van der Waals surface area contributed by atoms with Crippen molar-refractivity contribution in [3.05, 3.63) is 10.4 Å². The van der Waals surface area contributed by atoms with Crippen molar-refractivity contribution in [1.82, 2.24) is 0 Å². The van der Waals surface area contributed by atoms with Gasteiger partial charge in [0.25, 0.3) is 5.91 Å². The molecule has 1 aromatic heterocycles. The Morgan fingerprint density at radius 3 is 2.30 bits per heavy atom. The Balaban J connectivity index is 3.13. The Kier molecular flexibility index (Phi) is 4.64. The Morgan fingerprint density at radius 2 is 1.90 bits per heavy atom. The van der Waals surface area contributed by atoms with Gasteiger partial charge in [-0.15, -0.1) is 11.3 Å². The largest absolute Gasteiger partial charge is 0.397 e. The van der Waals surface area contributed by atoms with Gasteiger partial charge in [-0.2, -0.15) is 13.2 Å². The van der Waals surface area contributed by atoms with Crippen molar-refractivity contribution >= 4 is 33.7 Å². The number of ketones is 1. The van der Waals surface area contributed by atoms with Gasteiger partial charge in [0.05, 0.1) is 22.5 Å². The fourth-order valence-corrected chi connectivity index (χ4v) is 2.70. The average Bonchev–Trinajstić information content (AvgIpc) is 2.62. The topological polar surface area (TPSA) is 89.4 Å². The number of hydrogen-bond acceptors (Lipinski definition) is 5. The molecule has 0 aliphatic carbocycles. The van der Waals surface area contributed by atoms with Crippen LogP contribution in [0.5, 0.6) is 0 Å². The van der Waals surface area contributed by atoms with E-state index in [-0.39, 0.29) is 33.5 Å². The van der Waals surface area contributed by atoms with Crippen LogP contribution in [0.3, 0.4) is 0 Å². The molecule has 112 valence electrons. The summed E-state index contributed by atoms with van der Waals surface area (Å²) in [6.45, 7) is 0.896. The molecule has 0 atom stereocenters. The van der Waals surface area contributed by atoms with E-state index >= 15 is 0 Å². The first-order valence-electron chi connectivity index (χ1n) is 5.55. The van der Waals surface area contributed by atoms with Gasteiger partial charge in [-0.25, -0.2) is 0 Å². The molecule has 0 radical (unpaired) electrons. The van der Waals surface area contributed by atoms with Gasteiger partial charge in [-0.3, -0.25) is 9.59 Å². The molecule has 0 aromatic carbocycles. The molecule has 0 fully saturated rings. The number of carbonyl (C=O) groups excluding carboxylic acids is 2. The first-order chi connectivity index (χ1) is 9.04. The lowest BCUT2D eigenvalue weighted by atomic mass is 10.2. The van der Waals surface area contributed by atoms with Crippen LogP contribution in [0.15, 0.2) is 0 Å². The monoisotopic (exact) mass is 309 g/mol. The maximum absolute atomic E-state index is 12.2. The highest BCUT2D eigenvalue weighted by atomic mass is 32.1. The first-order valence-corrected chi connectivity index (χ1v) is 6.37. The maximum Gasteiger partial charge on any atom is 0.390 e. The van der Waals surface area contributed by atoms with Crippen molar-refractivity contribution in [2.24, 2.45) is 5.73 Å². The minimum Gasteiger partial charge on any atom is -0.397 e. The zero-order valence-electron chi connectivity index (χ0n) is 10.9. The lowest BCUT2D eigenvalue weighted by Gasteiger charge is -2.19. The number of rotatable bonds is 5. The summed E-state index contributed by atoms with van der Waals surface area (Å²) in [5.74, 6) is -1.24. The molecule has 0 bridgehead atoms. The van der Waals surface area contributed by atoms with Crippen molar-refractivity contribution in [1.29, 1.82) is 0 Å². The van der Waals surface area contributed by atoms with E-state index in [2.05, 4.69) is 0 Å². The number of halogens is 3. The maximum atomic E-state index is 12.2. The summed E-state index contributed by atoms with van der Waals surface area (Å²) < 4.78 is 36.6. The number of carbonyl (C=O) groups is 2. The lowest BCUT2D eigenvalue weighted by molar-refractivity contribution is -0.132. The number of nitrogen functional groups attached to an aromatic ring is 1. The van der Waals surface area contributed by atoms with Gasteiger partial charge in [-0.1, -0.05) is 0 Å². The first kappa shape index (κ1) is 16.3. The summed E-state index contributed by atoms with van der Waals surface area (Å²) in [6, 6.07) is 0. The number of Topliss-reactive ketones (excluding diaryl/α,β-unsaturated/α-hetero) is 1. The third-order valence-corrected chi connectivity index (χ3v) is 3.99. The molecule has 1 aromatic rings. The summed E-state index contributed by atoms with van der Waals surface area (Å²) in [7, 11) is 1.38. The number of nitrogens with two attached hydrogens (primary N) is 2. The highest BCUT2D eigenvalue weighted by molar-refractivity contribution is 7.19. The van der Waals surface area contributed by atoms with E-state index in [0.29, 0.717) is 0 Å². The number of hydrogen-bond donors (Lipinski definition) is 2. The quantitative estimate of drug-likeness (QED) is 0.814. The fraction of sp³-hybridized carbons (Fsp3) is 0.455. The molecule has 0 unspecified atom stereocenters. The highest BCUT2D eigenvalue weighted by Crippen LogP contribution is 2.38. The average molecular weight is 309 g/mol. The molecule has 1 rings (SSSR count). The van der Waals surface area contributed by atoms with E-state index in [4.69, 9.17) is 11.5 Å². The minimum atomic E-state index is -4.31. The Labute approximate surface area is 117 Å². The van der Waals surface area contributed by atoms with Crippen LogP contribution in [0.25, 0.3) is 0 Å².